The number of esters is 1. The fourth-order valence-corrected chi connectivity index (χ4v) is 5.45. The summed E-state index contributed by atoms with van der Waals surface area (Å²) >= 11 is 0. The second-order valence-corrected chi connectivity index (χ2v) is 10.4. The largest absolute Gasteiger partial charge is 0.462 e. The lowest BCUT2D eigenvalue weighted by Gasteiger charge is -2.38. The van der Waals surface area contributed by atoms with Gasteiger partial charge in [-0.15, -0.1) is 0 Å². The minimum Gasteiger partial charge on any atom is -0.462 e. The maximum absolute atomic E-state index is 12.5. The molecule has 5 rings (SSSR count). The first kappa shape index (κ1) is 21.7. The van der Waals surface area contributed by atoms with Crippen molar-refractivity contribution in [2.24, 2.45) is 5.92 Å². The number of hydrogen-bond donors (Lipinski definition) is 1. The molecule has 4 heteroatoms. The third-order valence-electron chi connectivity index (χ3n) is 7.02. The van der Waals surface area contributed by atoms with Crippen molar-refractivity contribution in [1.82, 2.24) is 0 Å². The van der Waals surface area contributed by atoms with Crippen LogP contribution in [0.3, 0.4) is 0 Å². The smallest absolute Gasteiger partial charge is 0.338 e. The number of quaternary nitrogens is 1. The number of fused-ring (bicyclic) bond motifs is 5. The van der Waals surface area contributed by atoms with Crippen LogP contribution in [0.2, 0.25) is 0 Å². The van der Waals surface area contributed by atoms with Crippen molar-refractivity contribution in [2.75, 3.05) is 39.6 Å². The van der Waals surface area contributed by atoms with Crippen LogP contribution in [0.1, 0.15) is 51.0 Å². The first-order valence-corrected chi connectivity index (χ1v) is 11.9. The van der Waals surface area contributed by atoms with E-state index in [1.54, 1.807) is 0 Å². The fourth-order valence-electron chi connectivity index (χ4n) is 5.45. The molecule has 0 saturated heterocycles. The van der Waals surface area contributed by atoms with Gasteiger partial charge >= 0.3 is 5.97 Å². The second-order valence-electron chi connectivity index (χ2n) is 10.4. The highest BCUT2D eigenvalue weighted by Gasteiger charge is 2.43. The van der Waals surface area contributed by atoms with Crippen molar-refractivity contribution in [3.63, 3.8) is 0 Å². The van der Waals surface area contributed by atoms with Crippen molar-refractivity contribution in [2.45, 2.75) is 24.8 Å². The van der Waals surface area contributed by atoms with Crippen LogP contribution in [0.25, 0.3) is 0 Å². The summed E-state index contributed by atoms with van der Waals surface area (Å²) in [5.41, 5.74) is 7.33. The highest BCUT2D eigenvalue weighted by Crippen LogP contribution is 2.53. The third-order valence-corrected chi connectivity index (χ3v) is 7.02. The Bertz CT molecular complexity index is 1150. The minimum absolute atomic E-state index is 0.201. The summed E-state index contributed by atoms with van der Waals surface area (Å²) in [5.74, 6) is 0.608. The van der Waals surface area contributed by atoms with Crippen LogP contribution in [0.5, 0.6) is 0 Å². The van der Waals surface area contributed by atoms with E-state index in [1.165, 1.54) is 27.9 Å². The first-order valence-electron chi connectivity index (χ1n) is 11.9. The Morgan fingerprint density at radius 2 is 1.64 bits per heavy atom. The molecule has 2 aliphatic rings. The van der Waals surface area contributed by atoms with Gasteiger partial charge < -0.3 is 14.5 Å². The number of para-hydroxylation sites is 1. The number of carbonyl (C=O) groups is 1. The average Bonchev–Trinajstić information content (AvgIpc) is 3.21. The van der Waals surface area contributed by atoms with E-state index in [1.807, 2.05) is 12.1 Å². The predicted molar refractivity (Wildman–Crippen MR) is 133 cm³/mol. The van der Waals surface area contributed by atoms with Gasteiger partial charge in [-0.3, -0.25) is 0 Å². The number of nitrogens with zero attached hydrogens (tertiary/aromatic N) is 1. The standard InChI is InChI=1S/C29H33N2O2/c1-31(2,3)17-8-18-33-29(32)21-15-13-20(14-16-21)28-25-19-22-9-4-5-10-23(22)27(25)24-11-6-7-12-26(24)30-28/h4-7,9-16,25,27-28,30H,8,17-19H2,1-3H3/q+1. The summed E-state index contributed by atoms with van der Waals surface area (Å²) in [6, 6.07) is 25.7. The third kappa shape index (κ3) is 4.40. The molecule has 0 bridgehead atoms. The van der Waals surface area contributed by atoms with Crippen molar-refractivity contribution >= 4 is 11.7 Å². The van der Waals surface area contributed by atoms with Crippen molar-refractivity contribution in [1.29, 1.82) is 0 Å². The van der Waals surface area contributed by atoms with Gasteiger partial charge in [0, 0.05) is 18.0 Å². The summed E-state index contributed by atoms with van der Waals surface area (Å²) in [6.45, 7) is 1.44. The lowest BCUT2D eigenvalue weighted by molar-refractivity contribution is -0.870. The maximum Gasteiger partial charge on any atom is 0.338 e. The van der Waals surface area contributed by atoms with E-state index in [2.05, 4.69) is 87.1 Å². The fraction of sp³-hybridized carbons (Fsp3) is 0.345. The molecule has 0 saturated carbocycles. The zero-order valence-electron chi connectivity index (χ0n) is 19.8. The molecule has 1 aliphatic heterocycles. The van der Waals surface area contributed by atoms with Crippen LogP contribution >= 0.6 is 0 Å². The molecule has 4 nitrogen and oxygen atoms in total. The molecule has 0 fully saturated rings. The summed E-state index contributed by atoms with van der Waals surface area (Å²) < 4.78 is 6.37. The molecule has 1 N–H and O–H groups in total. The van der Waals surface area contributed by atoms with E-state index >= 15 is 0 Å². The van der Waals surface area contributed by atoms with Gasteiger partial charge in [0.1, 0.15) is 0 Å². The normalized spacial score (nSPS) is 20.9. The highest BCUT2D eigenvalue weighted by atomic mass is 16.5. The monoisotopic (exact) mass is 441 g/mol. The van der Waals surface area contributed by atoms with Crippen LogP contribution in [-0.4, -0.2) is 44.7 Å². The maximum atomic E-state index is 12.5. The molecule has 0 amide bonds. The molecule has 3 unspecified atom stereocenters. The van der Waals surface area contributed by atoms with Crippen LogP contribution in [-0.2, 0) is 11.2 Å². The van der Waals surface area contributed by atoms with Crippen LogP contribution in [0.4, 0.5) is 5.69 Å². The number of anilines is 1. The summed E-state index contributed by atoms with van der Waals surface area (Å²) in [6.07, 6.45) is 1.92. The van der Waals surface area contributed by atoms with E-state index in [4.69, 9.17) is 4.74 Å². The van der Waals surface area contributed by atoms with Gasteiger partial charge in [0.05, 0.1) is 45.9 Å². The molecule has 1 heterocycles. The summed E-state index contributed by atoms with van der Waals surface area (Å²) in [5, 5.41) is 3.81. The van der Waals surface area contributed by atoms with E-state index in [0.717, 1.165) is 23.9 Å². The molecular weight excluding hydrogens is 408 g/mol. The number of hydrogen-bond acceptors (Lipinski definition) is 3. The highest BCUT2D eigenvalue weighted by molar-refractivity contribution is 5.89. The van der Waals surface area contributed by atoms with E-state index in [-0.39, 0.29) is 12.0 Å². The first-order chi connectivity index (χ1) is 15.9. The molecule has 0 radical (unpaired) electrons. The Kier molecular flexibility index (Phi) is 5.71. The molecule has 3 aromatic carbocycles. The van der Waals surface area contributed by atoms with Crippen LogP contribution in [0, 0.1) is 5.92 Å². The molecular formula is C29H33N2O2+. The van der Waals surface area contributed by atoms with Gasteiger partial charge in [-0.1, -0.05) is 54.6 Å². The SMILES string of the molecule is C[N+](C)(C)CCCOC(=O)c1ccc(C2Nc3ccccc3C3c4ccccc4CC23)cc1. The molecule has 0 spiro atoms. The second kappa shape index (κ2) is 8.68. The van der Waals surface area contributed by atoms with E-state index in [0.29, 0.717) is 24.0 Å². The molecule has 170 valence electrons. The summed E-state index contributed by atoms with van der Waals surface area (Å²) in [4.78, 5) is 12.5. The predicted octanol–water partition coefficient (Wildman–Crippen LogP) is 5.41. The number of rotatable bonds is 6. The topological polar surface area (TPSA) is 38.3 Å². The average molecular weight is 442 g/mol. The number of benzene rings is 3. The lowest BCUT2D eigenvalue weighted by Crippen LogP contribution is -2.35. The van der Waals surface area contributed by atoms with Gasteiger partial charge in [-0.05, 0) is 52.8 Å². The molecule has 0 aromatic heterocycles. The number of carbonyl (C=O) groups excluding carboxylic acids is 1. The Hall–Kier alpha value is -3.11. The lowest BCUT2D eigenvalue weighted by atomic mass is 9.75. The quantitative estimate of drug-likeness (QED) is 0.316. The Labute approximate surface area is 196 Å². The number of nitrogens with one attached hydrogen (secondary N) is 1. The summed E-state index contributed by atoms with van der Waals surface area (Å²) in [7, 11) is 6.43. The molecule has 3 atom stereocenters. The Morgan fingerprint density at radius 1 is 0.939 bits per heavy atom. The van der Waals surface area contributed by atoms with Crippen molar-refractivity contribution in [3.05, 3.63) is 101 Å². The molecule has 33 heavy (non-hydrogen) atoms. The van der Waals surface area contributed by atoms with Gasteiger partial charge in [-0.25, -0.2) is 4.79 Å². The van der Waals surface area contributed by atoms with E-state index in [9.17, 15) is 4.79 Å². The van der Waals surface area contributed by atoms with Gasteiger partial charge in [0.15, 0.2) is 0 Å². The minimum atomic E-state index is -0.240. The van der Waals surface area contributed by atoms with Gasteiger partial charge in [-0.2, -0.15) is 0 Å². The molecule has 1 aliphatic carbocycles. The van der Waals surface area contributed by atoms with Crippen molar-refractivity contribution < 1.29 is 14.0 Å². The Morgan fingerprint density at radius 3 is 2.39 bits per heavy atom. The van der Waals surface area contributed by atoms with Crippen LogP contribution in [0.15, 0.2) is 72.8 Å². The van der Waals surface area contributed by atoms with Crippen molar-refractivity contribution in [3.8, 4) is 0 Å². The van der Waals surface area contributed by atoms with Crippen LogP contribution < -0.4 is 5.32 Å². The Balaban J connectivity index is 1.34. The van der Waals surface area contributed by atoms with Gasteiger partial charge in [0.25, 0.3) is 0 Å². The molecule has 3 aromatic rings. The number of ether oxygens (including phenoxy) is 1. The van der Waals surface area contributed by atoms with Gasteiger partial charge in [0.2, 0.25) is 0 Å². The zero-order valence-corrected chi connectivity index (χ0v) is 19.8. The van der Waals surface area contributed by atoms with E-state index < -0.39 is 0 Å². The zero-order chi connectivity index (χ0) is 23.0.